The Morgan fingerprint density at radius 3 is 1.74 bits per heavy atom. The Balaban J connectivity index is 1.78. The zero-order valence-electron chi connectivity index (χ0n) is 15.9. The normalized spacial score (nSPS) is 11.9. The molecule has 0 aliphatic carbocycles. The van der Waals surface area contributed by atoms with Crippen molar-refractivity contribution in [3.8, 4) is 11.5 Å². The number of hydrogen-bond donors (Lipinski definition) is 0. The second-order valence-electron chi connectivity index (χ2n) is 6.82. The van der Waals surface area contributed by atoms with Gasteiger partial charge in [-0.05, 0) is 53.4 Å². The zero-order valence-corrected chi connectivity index (χ0v) is 15.9. The van der Waals surface area contributed by atoms with Crippen LogP contribution in [0.25, 0.3) is 0 Å². The maximum Gasteiger partial charge on any atom is 0.343 e. The summed E-state index contributed by atoms with van der Waals surface area (Å²) in [6.45, 7) is 4.41. The highest BCUT2D eigenvalue weighted by Gasteiger charge is 2.18. The van der Waals surface area contributed by atoms with Crippen LogP contribution in [0.4, 0.5) is 0 Å². The number of methoxy groups -OCH3 is 1. The van der Waals surface area contributed by atoms with Gasteiger partial charge in [-0.2, -0.15) is 0 Å². The lowest BCUT2D eigenvalue weighted by atomic mass is 9.82. The molecule has 27 heavy (non-hydrogen) atoms. The van der Waals surface area contributed by atoms with Gasteiger partial charge in [-0.1, -0.05) is 56.3 Å². The summed E-state index contributed by atoms with van der Waals surface area (Å²) < 4.78 is 10.7. The molecule has 0 radical (unpaired) electrons. The lowest BCUT2D eigenvalue weighted by Gasteiger charge is -2.22. The van der Waals surface area contributed by atoms with E-state index < -0.39 is 0 Å². The summed E-state index contributed by atoms with van der Waals surface area (Å²) >= 11 is 0. The highest BCUT2D eigenvalue weighted by atomic mass is 16.5. The summed E-state index contributed by atoms with van der Waals surface area (Å²) in [7, 11) is 1.67. The number of esters is 1. The molecule has 3 aromatic rings. The van der Waals surface area contributed by atoms with Crippen LogP contribution in [-0.2, 0) is 0 Å². The SMILES string of the molecule is COc1ccc(C(c2ccc(OC(=O)c3ccccc3)cc2)C(C)C)cc1. The van der Waals surface area contributed by atoms with Crippen molar-refractivity contribution in [1.82, 2.24) is 0 Å². The molecular formula is C24H24O3. The lowest BCUT2D eigenvalue weighted by molar-refractivity contribution is 0.0734. The van der Waals surface area contributed by atoms with Gasteiger partial charge in [0, 0.05) is 5.92 Å². The van der Waals surface area contributed by atoms with E-state index in [1.165, 1.54) is 11.1 Å². The standard InChI is InChI=1S/C24H24O3/c1-17(2)23(18-9-13-21(26-3)14-10-18)19-11-15-22(16-12-19)27-24(25)20-7-5-4-6-8-20/h4-17,23H,1-3H3. The average Bonchev–Trinajstić information content (AvgIpc) is 2.70. The molecule has 138 valence electrons. The number of carbonyl (C=O) groups excluding carboxylic acids is 1. The molecule has 3 aromatic carbocycles. The number of carbonyl (C=O) groups is 1. The van der Waals surface area contributed by atoms with Crippen LogP contribution in [0, 0.1) is 5.92 Å². The maximum absolute atomic E-state index is 12.2. The van der Waals surface area contributed by atoms with Crippen molar-refractivity contribution >= 4 is 5.97 Å². The van der Waals surface area contributed by atoms with Crippen LogP contribution in [0.5, 0.6) is 11.5 Å². The van der Waals surface area contributed by atoms with Crippen LogP contribution in [-0.4, -0.2) is 13.1 Å². The summed E-state index contributed by atoms with van der Waals surface area (Å²) in [4.78, 5) is 12.2. The van der Waals surface area contributed by atoms with Gasteiger partial charge in [-0.3, -0.25) is 0 Å². The minimum atomic E-state index is -0.348. The Kier molecular flexibility index (Phi) is 5.92. The monoisotopic (exact) mass is 360 g/mol. The molecule has 0 heterocycles. The van der Waals surface area contributed by atoms with E-state index in [1.807, 2.05) is 54.6 Å². The van der Waals surface area contributed by atoms with Gasteiger partial charge in [-0.15, -0.1) is 0 Å². The smallest absolute Gasteiger partial charge is 0.343 e. The molecule has 0 spiro atoms. The third-order valence-electron chi connectivity index (χ3n) is 4.60. The van der Waals surface area contributed by atoms with E-state index in [1.54, 1.807) is 19.2 Å². The molecular weight excluding hydrogens is 336 g/mol. The van der Waals surface area contributed by atoms with Crippen LogP contribution in [0.3, 0.4) is 0 Å². The van der Waals surface area contributed by atoms with Crippen molar-refractivity contribution in [3.05, 3.63) is 95.6 Å². The Hall–Kier alpha value is -3.07. The highest BCUT2D eigenvalue weighted by Crippen LogP contribution is 2.33. The molecule has 3 nitrogen and oxygen atoms in total. The number of benzene rings is 3. The number of hydrogen-bond acceptors (Lipinski definition) is 3. The van der Waals surface area contributed by atoms with E-state index in [4.69, 9.17) is 9.47 Å². The summed E-state index contributed by atoms with van der Waals surface area (Å²) in [6, 6.07) is 25.0. The molecule has 0 saturated heterocycles. The van der Waals surface area contributed by atoms with Crippen molar-refractivity contribution < 1.29 is 14.3 Å². The first-order valence-corrected chi connectivity index (χ1v) is 9.09. The molecule has 3 heteroatoms. The van der Waals surface area contributed by atoms with Gasteiger partial charge in [0.05, 0.1) is 12.7 Å². The Bertz CT molecular complexity index is 866. The third kappa shape index (κ3) is 4.56. The van der Waals surface area contributed by atoms with Crippen molar-refractivity contribution in [3.63, 3.8) is 0 Å². The van der Waals surface area contributed by atoms with Gasteiger partial charge in [0.1, 0.15) is 11.5 Å². The molecule has 0 aliphatic rings. The van der Waals surface area contributed by atoms with E-state index in [9.17, 15) is 4.79 Å². The molecule has 0 amide bonds. The van der Waals surface area contributed by atoms with Gasteiger partial charge < -0.3 is 9.47 Å². The fraction of sp³-hybridized carbons (Fsp3) is 0.208. The first kappa shape index (κ1) is 18.7. The van der Waals surface area contributed by atoms with Gasteiger partial charge in [0.25, 0.3) is 0 Å². The topological polar surface area (TPSA) is 35.5 Å². The second kappa shape index (κ2) is 8.54. The molecule has 0 aromatic heterocycles. The van der Waals surface area contributed by atoms with Gasteiger partial charge in [0.2, 0.25) is 0 Å². The first-order valence-electron chi connectivity index (χ1n) is 9.09. The molecule has 0 N–H and O–H groups in total. The fourth-order valence-corrected chi connectivity index (χ4v) is 3.26. The average molecular weight is 360 g/mol. The Morgan fingerprint density at radius 1 is 0.741 bits per heavy atom. The quantitative estimate of drug-likeness (QED) is 0.418. The van der Waals surface area contributed by atoms with E-state index in [2.05, 4.69) is 26.0 Å². The van der Waals surface area contributed by atoms with Crippen LogP contribution in [0.2, 0.25) is 0 Å². The summed E-state index contributed by atoms with van der Waals surface area (Å²) in [5.41, 5.74) is 2.97. The Morgan fingerprint density at radius 2 is 1.26 bits per heavy atom. The molecule has 0 bridgehead atoms. The van der Waals surface area contributed by atoms with Gasteiger partial charge in [-0.25, -0.2) is 4.79 Å². The van der Waals surface area contributed by atoms with Crippen LogP contribution in [0.15, 0.2) is 78.9 Å². The van der Waals surface area contributed by atoms with Crippen molar-refractivity contribution in [2.45, 2.75) is 19.8 Å². The minimum absolute atomic E-state index is 0.259. The van der Waals surface area contributed by atoms with Crippen LogP contribution in [0.1, 0.15) is 41.3 Å². The number of rotatable bonds is 6. The van der Waals surface area contributed by atoms with Crippen molar-refractivity contribution in [2.24, 2.45) is 5.92 Å². The van der Waals surface area contributed by atoms with Crippen molar-refractivity contribution in [2.75, 3.05) is 7.11 Å². The molecule has 0 fully saturated rings. The molecule has 1 atom stereocenters. The number of ether oxygens (including phenoxy) is 2. The predicted octanol–water partition coefficient (Wildman–Crippen LogP) is 5.70. The first-order chi connectivity index (χ1) is 13.1. The highest BCUT2D eigenvalue weighted by molar-refractivity contribution is 5.90. The maximum atomic E-state index is 12.2. The van der Waals surface area contributed by atoms with Crippen LogP contribution < -0.4 is 9.47 Å². The fourth-order valence-electron chi connectivity index (χ4n) is 3.26. The summed E-state index contributed by atoms with van der Waals surface area (Å²) in [5.74, 6) is 1.74. The van der Waals surface area contributed by atoms with Crippen LogP contribution >= 0.6 is 0 Å². The zero-order chi connectivity index (χ0) is 19.2. The summed E-state index contributed by atoms with van der Waals surface area (Å²) in [5, 5.41) is 0. The predicted molar refractivity (Wildman–Crippen MR) is 108 cm³/mol. The molecule has 1 unspecified atom stereocenters. The van der Waals surface area contributed by atoms with E-state index in [-0.39, 0.29) is 11.9 Å². The second-order valence-corrected chi connectivity index (χ2v) is 6.82. The lowest BCUT2D eigenvalue weighted by Crippen LogP contribution is -2.10. The van der Waals surface area contributed by atoms with E-state index in [0.717, 1.165) is 5.75 Å². The molecule has 0 saturated carbocycles. The van der Waals surface area contributed by atoms with Gasteiger partial charge in [0.15, 0.2) is 0 Å². The third-order valence-corrected chi connectivity index (χ3v) is 4.60. The molecule has 3 rings (SSSR count). The van der Waals surface area contributed by atoms with E-state index in [0.29, 0.717) is 17.2 Å². The minimum Gasteiger partial charge on any atom is -0.497 e. The largest absolute Gasteiger partial charge is 0.497 e. The van der Waals surface area contributed by atoms with Gasteiger partial charge >= 0.3 is 5.97 Å². The van der Waals surface area contributed by atoms with E-state index >= 15 is 0 Å². The van der Waals surface area contributed by atoms with Crippen molar-refractivity contribution in [1.29, 1.82) is 0 Å². The summed E-state index contributed by atoms with van der Waals surface area (Å²) in [6.07, 6.45) is 0. The Labute approximate surface area is 160 Å². The molecule has 0 aliphatic heterocycles.